The van der Waals surface area contributed by atoms with Gasteiger partial charge in [-0.1, -0.05) is 29.3 Å². The van der Waals surface area contributed by atoms with Gasteiger partial charge in [-0.25, -0.2) is 4.90 Å². The molecular weight excluding hydrogens is 477 g/mol. The highest BCUT2D eigenvalue weighted by atomic mass is 35.5. The Bertz CT molecular complexity index is 1320. The topological polar surface area (TPSA) is 87.7 Å². The Kier molecular flexibility index (Phi) is 6.58. The highest BCUT2D eigenvalue weighted by Crippen LogP contribution is 2.32. The molecule has 4 rings (SSSR count). The molecule has 172 valence electrons. The van der Waals surface area contributed by atoms with Crippen LogP contribution < -0.4 is 20.3 Å². The van der Waals surface area contributed by atoms with Crippen LogP contribution >= 0.6 is 23.2 Å². The molecule has 0 saturated heterocycles. The summed E-state index contributed by atoms with van der Waals surface area (Å²) in [6.45, 7) is 1.82. The molecule has 0 aromatic heterocycles. The number of carbonyl (C=O) groups is 3. The van der Waals surface area contributed by atoms with E-state index in [1.54, 1.807) is 67.8 Å². The second-order valence-electron chi connectivity index (χ2n) is 7.45. The molecule has 1 heterocycles. The molecule has 34 heavy (non-hydrogen) atoms. The standard InChI is InChI=1S/C25H19Cl2N3O4/c1-14-3-10-18(13-20(14)26)30-24(32)21(27)22(25(30)33)28-16-6-4-15(5-7-16)23(31)29-17-8-11-19(34-2)12-9-17/h3-13,28H,1-2H3,(H,29,31). The van der Waals surface area contributed by atoms with Gasteiger partial charge in [0.15, 0.2) is 0 Å². The fraction of sp³-hybridized carbons (Fsp3) is 0.0800. The third kappa shape index (κ3) is 4.62. The Hall–Kier alpha value is -3.81. The fourth-order valence-corrected chi connectivity index (χ4v) is 3.68. The summed E-state index contributed by atoms with van der Waals surface area (Å²) in [6, 6.07) is 18.2. The lowest BCUT2D eigenvalue weighted by molar-refractivity contribution is -0.120. The summed E-state index contributed by atoms with van der Waals surface area (Å²) in [4.78, 5) is 39.1. The number of anilines is 3. The van der Waals surface area contributed by atoms with Crippen LogP contribution in [0, 0.1) is 6.92 Å². The van der Waals surface area contributed by atoms with E-state index in [2.05, 4.69) is 10.6 Å². The molecule has 7 nitrogen and oxygen atoms in total. The van der Waals surface area contributed by atoms with Crippen LogP contribution in [-0.4, -0.2) is 24.8 Å². The van der Waals surface area contributed by atoms with Crippen LogP contribution in [0.1, 0.15) is 15.9 Å². The second kappa shape index (κ2) is 9.59. The van der Waals surface area contributed by atoms with Gasteiger partial charge < -0.3 is 15.4 Å². The molecule has 1 aliphatic heterocycles. The normalized spacial score (nSPS) is 13.4. The first-order valence-electron chi connectivity index (χ1n) is 10.2. The van der Waals surface area contributed by atoms with Crippen LogP contribution in [0.15, 0.2) is 77.5 Å². The van der Waals surface area contributed by atoms with Gasteiger partial charge in [0.25, 0.3) is 17.7 Å². The molecule has 0 saturated carbocycles. The smallest absolute Gasteiger partial charge is 0.283 e. The summed E-state index contributed by atoms with van der Waals surface area (Å²) in [5.74, 6) is -0.866. The molecular formula is C25H19Cl2N3O4. The molecule has 3 aromatic carbocycles. The maximum atomic E-state index is 12.9. The lowest BCUT2D eigenvalue weighted by Gasteiger charge is -2.16. The molecule has 0 unspecified atom stereocenters. The van der Waals surface area contributed by atoms with E-state index in [1.807, 2.05) is 6.92 Å². The predicted molar refractivity (Wildman–Crippen MR) is 133 cm³/mol. The van der Waals surface area contributed by atoms with E-state index in [9.17, 15) is 14.4 Å². The molecule has 3 aromatic rings. The summed E-state index contributed by atoms with van der Waals surface area (Å²) >= 11 is 12.3. The summed E-state index contributed by atoms with van der Waals surface area (Å²) < 4.78 is 5.10. The predicted octanol–water partition coefficient (Wildman–Crippen LogP) is 5.35. The van der Waals surface area contributed by atoms with Crippen molar-refractivity contribution in [3.63, 3.8) is 0 Å². The summed E-state index contributed by atoms with van der Waals surface area (Å²) in [5, 5.41) is 5.87. The van der Waals surface area contributed by atoms with E-state index in [-0.39, 0.29) is 16.6 Å². The Morgan fingerprint density at radius 2 is 1.53 bits per heavy atom. The lowest BCUT2D eigenvalue weighted by atomic mass is 10.2. The van der Waals surface area contributed by atoms with E-state index >= 15 is 0 Å². The Morgan fingerprint density at radius 3 is 2.15 bits per heavy atom. The Labute approximate surface area is 205 Å². The number of hydrogen-bond donors (Lipinski definition) is 2. The van der Waals surface area contributed by atoms with E-state index in [1.165, 1.54) is 6.07 Å². The molecule has 0 atom stereocenters. The minimum Gasteiger partial charge on any atom is -0.497 e. The number of rotatable bonds is 6. The summed E-state index contributed by atoms with van der Waals surface area (Å²) in [6.07, 6.45) is 0. The first-order valence-corrected chi connectivity index (χ1v) is 10.9. The van der Waals surface area contributed by atoms with Gasteiger partial charge in [0.05, 0.1) is 12.8 Å². The molecule has 0 aliphatic carbocycles. The zero-order valence-corrected chi connectivity index (χ0v) is 19.7. The van der Waals surface area contributed by atoms with E-state index in [0.29, 0.717) is 33.4 Å². The number of carbonyl (C=O) groups excluding carboxylic acids is 3. The molecule has 0 bridgehead atoms. The number of imide groups is 1. The van der Waals surface area contributed by atoms with Gasteiger partial charge in [0.1, 0.15) is 16.5 Å². The SMILES string of the molecule is COc1ccc(NC(=O)c2ccc(NC3=C(Cl)C(=O)N(c4ccc(C)c(Cl)c4)C3=O)cc2)cc1. The third-order valence-corrected chi connectivity index (χ3v) is 5.96. The number of methoxy groups -OCH3 is 1. The Balaban J connectivity index is 1.47. The maximum Gasteiger partial charge on any atom is 0.283 e. The van der Waals surface area contributed by atoms with Crippen molar-refractivity contribution in [2.24, 2.45) is 0 Å². The van der Waals surface area contributed by atoms with Gasteiger partial charge in [-0.15, -0.1) is 0 Å². The van der Waals surface area contributed by atoms with Crippen molar-refractivity contribution in [2.75, 3.05) is 22.6 Å². The van der Waals surface area contributed by atoms with Gasteiger partial charge in [-0.2, -0.15) is 0 Å². The van der Waals surface area contributed by atoms with E-state index < -0.39 is 11.8 Å². The maximum absolute atomic E-state index is 12.9. The number of nitrogens with one attached hydrogen (secondary N) is 2. The summed E-state index contributed by atoms with van der Waals surface area (Å²) in [5.41, 5.74) is 2.60. The van der Waals surface area contributed by atoms with Crippen LogP contribution in [0.5, 0.6) is 5.75 Å². The van der Waals surface area contributed by atoms with Crippen LogP contribution in [0.25, 0.3) is 0 Å². The first kappa shape index (κ1) is 23.4. The largest absolute Gasteiger partial charge is 0.497 e. The van der Waals surface area contributed by atoms with Gasteiger partial charge >= 0.3 is 0 Å². The van der Waals surface area contributed by atoms with Crippen molar-refractivity contribution in [1.82, 2.24) is 0 Å². The van der Waals surface area contributed by atoms with E-state index in [4.69, 9.17) is 27.9 Å². The molecule has 2 N–H and O–H groups in total. The van der Waals surface area contributed by atoms with Gasteiger partial charge in [0.2, 0.25) is 0 Å². The molecule has 9 heteroatoms. The van der Waals surface area contributed by atoms with Crippen molar-refractivity contribution < 1.29 is 19.1 Å². The molecule has 3 amide bonds. The fourth-order valence-electron chi connectivity index (χ4n) is 3.29. The van der Waals surface area contributed by atoms with Gasteiger partial charge in [0, 0.05) is 22.0 Å². The van der Waals surface area contributed by atoms with Crippen LogP contribution in [0.3, 0.4) is 0 Å². The average molecular weight is 496 g/mol. The monoisotopic (exact) mass is 495 g/mol. The highest BCUT2D eigenvalue weighted by Gasteiger charge is 2.39. The molecule has 0 spiro atoms. The lowest BCUT2D eigenvalue weighted by Crippen LogP contribution is -2.32. The Morgan fingerprint density at radius 1 is 0.882 bits per heavy atom. The van der Waals surface area contributed by atoms with Crippen molar-refractivity contribution in [3.8, 4) is 5.75 Å². The molecule has 0 fully saturated rings. The zero-order valence-electron chi connectivity index (χ0n) is 18.2. The number of amides is 3. The van der Waals surface area contributed by atoms with E-state index in [0.717, 1.165) is 10.5 Å². The number of hydrogen-bond acceptors (Lipinski definition) is 5. The van der Waals surface area contributed by atoms with Crippen molar-refractivity contribution >= 4 is 58.0 Å². The van der Waals surface area contributed by atoms with Gasteiger partial charge in [-0.05, 0) is 73.2 Å². The number of benzene rings is 3. The average Bonchev–Trinajstić information content (AvgIpc) is 3.05. The zero-order chi connectivity index (χ0) is 24.4. The second-order valence-corrected chi connectivity index (χ2v) is 8.24. The summed E-state index contributed by atoms with van der Waals surface area (Å²) in [7, 11) is 1.57. The van der Waals surface area contributed by atoms with Crippen LogP contribution in [-0.2, 0) is 9.59 Å². The van der Waals surface area contributed by atoms with Crippen molar-refractivity contribution in [2.45, 2.75) is 6.92 Å². The van der Waals surface area contributed by atoms with Crippen molar-refractivity contribution in [1.29, 1.82) is 0 Å². The van der Waals surface area contributed by atoms with Gasteiger partial charge in [-0.3, -0.25) is 14.4 Å². The number of ether oxygens (including phenoxy) is 1. The number of halogens is 2. The first-order chi connectivity index (χ1) is 16.3. The minimum atomic E-state index is -0.649. The molecule has 0 radical (unpaired) electrons. The van der Waals surface area contributed by atoms with Crippen LogP contribution in [0.4, 0.5) is 17.1 Å². The molecule has 1 aliphatic rings. The van der Waals surface area contributed by atoms with Crippen molar-refractivity contribution in [3.05, 3.63) is 93.6 Å². The van der Waals surface area contributed by atoms with Crippen LogP contribution in [0.2, 0.25) is 5.02 Å². The number of nitrogens with zero attached hydrogens (tertiary/aromatic N) is 1. The number of aryl methyl sites for hydroxylation is 1. The quantitative estimate of drug-likeness (QED) is 0.450. The highest BCUT2D eigenvalue weighted by molar-refractivity contribution is 6.53. The minimum absolute atomic E-state index is 0.0567. The third-order valence-electron chi connectivity index (χ3n) is 5.21.